The van der Waals surface area contributed by atoms with Crippen LogP contribution in [0.1, 0.15) is 158 Å². The molecule has 59 heavy (non-hydrogen) atoms. The van der Waals surface area contributed by atoms with E-state index in [0.29, 0.717) is 17.8 Å². The van der Waals surface area contributed by atoms with Gasteiger partial charge in [0, 0.05) is 33.9 Å². The standard InChI is InChI=1S/C57H66N2/c1-39(2)41-17-25-47(26-18-41)58(49-29-21-45(22-30-49)43-13-9-7-10-14-43)51-33-35-53-54-36-34-52(38-56(54)57(5,6)55(53)37-51)59(48-27-19-42(20-28-48)40(3)4)50-31-23-46(24-32-50)44-15-11-8-12-16-44/h17-31,33-40,43-44,50H,7-16,32H2,1-6H3. The first-order valence-electron chi connectivity index (χ1n) is 23.2. The van der Waals surface area contributed by atoms with Gasteiger partial charge in [0.15, 0.2) is 0 Å². The first-order valence-corrected chi connectivity index (χ1v) is 23.2. The first kappa shape index (κ1) is 39.6. The van der Waals surface area contributed by atoms with Crippen molar-refractivity contribution in [2.45, 2.75) is 141 Å². The SMILES string of the molecule is CC(C)c1ccc(N(c2ccc(C3CCCCC3)cc2)c2ccc3c(c2)C(C)(C)c2cc(N(c4ccc(C(C)C)cc4)C4C=CC(C5CCCCC5)=CC4)ccc2-3)cc1. The second-order valence-electron chi connectivity index (χ2n) is 19.4. The molecule has 0 spiro atoms. The van der Waals surface area contributed by atoms with E-state index in [1.54, 1.807) is 5.57 Å². The summed E-state index contributed by atoms with van der Waals surface area (Å²) in [5, 5.41) is 0. The van der Waals surface area contributed by atoms with Crippen LogP contribution in [0.2, 0.25) is 0 Å². The Hall–Kier alpha value is -4.82. The topological polar surface area (TPSA) is 6.48 Å². The minimum atomic E-state index is -0.168. The molecule has 2 nitrogen and oxygen atoms in total. The lowest BCUT2D eigenvalue weighted by Crippen LogP contribution is -2.31. The van der Waals surface area contributed by atoms with Gasteiger partial charge in [0.25, 0.3) is 0 Å². The number of hydrogen-bond acceptors (Lipinski definition) is 2. The molecule has 0 heterocycles. The third kappa shape index (κ3) is 7.85. The molecule has 2 fully saturated rings. The van der Waals surface area contributed by atoms with Crippen molar-refractivity contribution in [1.29, 1.82) is 0 Å². The second-order valence-corrected chi connectivity index (χ2v) is 19.4. The number of hydrogen-bond donors (Lipinski definition) is 0. The van der Waals surface area contributed by atoms with Crippen LogP contribution in [0.25, 0.3) is 11.1 Å². The Bertz CT molecular complexity index is 2290. The Balaban J connectivity index is 1.07. The third-order valence-corrected chi connectivity index (χ3v) is 14.6. The van der Waals surface area contributed by atoms with Crippen LogP contribution in [0.3, 0.4) is 0 Å². The molecule has 2 saturated carbocycles. The summed E-state index contributed by atoms with van der Waals surface area (Å²) in [5.74, 6) is 2.44. The van der Waals surface area contributed by atoms with E-state index in [1.165, 1.54) is 132 Å². The molecule has 5 aromatic carbocycles. The molecule has 304 valence electrons. The summed E-state index contributed by atoms with van der Waals surface area (Å²) in [6, 6.07) is 43.0. The van der Waals surface area contributed by atoms with Crippen molar-refractivity contribution >= 4 is 28.4 Å². The summed E-state index contributed by atoms with van der Waals surface area (Å²) in [6.45, 7) is 14.0. The van der Waals surface area contributed by atoms with Crippen molar-refractivity contribution in [2.24, 2.45) is 5.92 Å². The fourth-order valence-electron chi connectivity index (χ4n) is 10.9. The van der Waals surface area contributed by atoms with Gasteiger partial charge in [-0.2, -0.15) is 0 Å². The fraction of sp³-hybridized carbons (Fsp3) is 0.404. The van der Waals surface area contributed by atoms with Crippen LogP contribution in [0.15, 0.2) is 133 Å². The van der Waals surface area contributed by atoms with E-state index in [4.69, 9.17) is 0 Å². The van der Waals surface area contributed by atoms with Crippen molar-refractivity contribution in [3.8, 4) is 11.1 Å². The summed E-state index contributed by atoms with van der Waals surface area (Å²) in [7, 11) is 0. The van der Waals surface area contributed by atoms with E-state index in [1.807, 2.05) is 0 Å². The van der Waals surface area contributed by atoms with E-state index in [0.717, 1.165) is 12.3 Å². The number of fused-ring (bicyclic) bond motifs is 3. The molecule has 4 aliphatic carbocycles. The number of rotatable bonds is 10. The van der Waals surface area contributed by atoms with Crippen molar-refractivity contribution < 1.29 is 0 Å². The van der Waals surface area contributed by atoms with Gasteiger partial charge in [0.1, 0.15) is 0 Å². The molecule has 5 aromatic rings. The highest BCUT2D eigenvalue weighted by Crippen LogP contribution is 2.52. The molecule has 0 aliphatic heterocycles. The largest absolute Gasteiger partial charge is 0.334 e. The van der Waals surface area contributed by atoms with Crippen molar-refractivity contribution in [1.82, 2.24) is 0 Å². The number of allylic oxidation sites excluding steroid dienone is 2. The lowest BCUT2D eigenvalue weighted by atomic mass is 9.81. The van der Waals surface area contributed by atoms with Crippen molar-refractivity contribution in [2.75, 3.05) is 9.80 Å². The van der Waals surface area contributed by atoms with Gasteiger partial charge in [0.05, 0.1) is 6.04 Å². The van der Waals surface area contributed by atoms with E-state index >= 15 is 0 Å². The molecule has 0 amide bonds. The van der Waals surface area contributed by atoms with Gasteiger partial charge in [-0.05, 0) is 161 Å². The van der Waals surface area contributed by atoms with E-state index in [9.17, 15) is 0 Å². The summed E-state index contributed by atoms with van der Waals surface area (Å²) >= 11 is 0. The number of anilines is 5. The predicted molar refractivity (Wildman–Crippen MR) is 253 cm³/mol. The molecule has 1 atom stereocenters. The third-order valence-electron chi connectivity index (χ3n) is 14.6. The molecular formula is C57H66N2. The average molecular weight is 779 g/mol. The van der Waals surface area contributed by atoms with Gasteiger partial charge >= 0.3 is 0 Å². The van der Waals surface area contributed by atoms with Gasteiger partial charge < -0.3 is 9.80 Å². The van der Waals surface area contributed by atoms with Gasteiger partial charge in [-0.25, -0.2) is 0 Å². The van der Waals surface area contributed by atoms with Crippen LogP contribution >= 0.6 is 0 Å². The van der Waals surface area contributed by atoms with E-state index < -0.39 is 0 Å². The Morgan fingerprint density at radius 1 is 0.508 bits per heavy atom. The second kappa shape index (κ2) is 16.7. The molecule has 0 N–H and O–H groups in total. The van der Waals surface area contributed by atoms with E-state index in [2.05, 4.69) is 179 Å². The zero-order chi connectivity index (χ0) is 40.7. The number of nitrogens with zero attached hydrogens (tertiary/aromatic N) is 2. The lowest BCUT2D eigenvalue weighted by molar-refractivity contribution is 0.406. The van der Waals surface area contributed by atoms with Gasteiger partial charge in [0.2, 0.25) is 0 Å². The molecule has 0 saturated heterocycles. The molecule has 4 aliphatic rings. The van der Waals surface area contributed by atoms with Crippen LogP contribution in [0, 0.1) is 5.92 Å². The smallest absolute Gasteiger partial charge is 0.0560 e. The molecule has 0 bridgehead atoms. The zero-order valence-electron chi connectivity index (χ0n) is 36.7. The normalized spacial score (nSPS) is 19.1. The Morgan fingerprint density at radius 3 is 1.51 bits per heavy atom. The lowest BCUT2D eigenvalue weighted by Gasteiger charge is -2.35. The molecule has 1 unspecified atom stereocenters. The Morgan fingerprint density at radius 2 is 0.983 bits per heavy atom. The highest BCUT2D eigenvalue weighted by molar-refractivity contribution is 5.87. The molecule has 0 radical (unpaired) electrons. The van der Waals surface area contributed by atoms with Crippen molar-refractivity contribution in [3.63, 3.8) is 0 Å². The summed E-state index contributed by atoms with van der Waals surface area (Å²) in [5.41, 5.74) is 17.4. The summed E-state index contributed by atoms with van der Waals surface area (Å²) in [6.07, 6.45) is 22.2. The summed E-state index contributed by atoms with van der Waals surface area (Å²) < 4.78 is 0. The maximum atomic E-state index is 2.61. The summed E-state index contributed by atoms with van der Waals surface area (Å²) in [4.78, 5) is 5.09. The van der Waals surface area contributed by atoms with Crippen LogP contribution < -0.4 is 9.80 Å². The fourth-order valence-corrected chi connectivity index (χ4v) is 10.9. The highest BCUT2D eigenvalue weighted by Gasteiger charge is 2.37. The van der Waals surface area contributed by atoms with Crippen LogP contribution in [0.4, 0.5) is 28.4 Å². The minimum absolute atomic E-state index is 0.168. The molecule has 9 rings (SSSR count). The monoisotopic (exact) mass is 779 g/mol. The number of benzene rings is 5. The van der Waals surface area contributed by atoms with Gasteiger partial charge in [-0.1, -0.05) is 147 Å². The van der Waals surface area contributed by atoms with Gasteiger partial charge in [-0.15, -0.1) is 0 Å². The highest BCUT2D eigenvalue weighted by atomic mass is 15.2. The Labute approximate surface area is 356 Å². The maximum absolute atomic E-state index is 2.61. The molecule has 2 heteroatoms. The predicted octanol–water partition coefficient (Wildman–Crippen LogP) is 16.7. The molecule has 0 aromatic heterocycles. The zero-order valence-corrected chi connectivity index (χ0v) is 36.7. The quantitative estimate of drug-likeness (QED) is 0.139. The van der Waals surface area contributed by atoms with Gasteiger partial charge in [-0.3, -0.25) is 0 Å². The average Bonchev–Trinajstić information content (AvgIpc) is 3.50. The van der Waals surface area contributed by atoms with Crippen LogP contribution in [-0.2, 0) is 5.41 Å². The van der Waals surface area contributed by atoms with Crippen LogP contribution in [-0.4, -0.2) is 6.04 Å². The first-order chi connectivity index (χ1) is 28.7. The Kier molecular flexibility index (Phi) is 11.2. The van der Waals surface area contributed by atoms with Crippen LogP contribution in [0.5, 0.6) is 0 Å². The van der Waals surface area contributed by atoms with Crippen molar-refractivity contribution in [3.05, 3.63) is 161 Å². The van der Waals surface area contributed by atoms with E-state index in [-0.39, 0.29) is 11.5 Å². The maximum Gasteiger partial charge on any atom is 0.0560 e. The minimum Gasteiger partial charge on any atom is -0.334 e. The molecular weight excluding hydrogens is 713 g/mol.